The summed E-state index contributed by atoms with van der Waals surface area (Å²) in [6.07, 6.45) is 1.34. The van der Waals surface area contributed by atoms with Gasteiger partial charge < -0.3 is 15.4 Å². The maximum atomic E-state index is 12.5. The number of nitriles is 1. The Labute approximate surface area is 164 Å². The van der Waals surface area contributed by atoms with Gasteiger partial charge >= 0.3 is 5.97 Å². The van der Waals surface area contributed by atoms with E-state index >= 15 is 0 Å². The van der Waals surface area contributed by atoms with E-state index in [1.54, 1.807) is 31.2 Å². The van der Waals surface area contributed by atoms with Crippen molar-refractivity contribution in [3.05, 3.63) is 71.4 Å². The van der Waals surface area contributed by atoms with E-state index in [4.69, 9.17) is 4.74 Å². The van der Waals surface area contributed by atoms with E-state index in [0.717, 1.165) is 5.56 Å². The molecule has 0 atom stereocenters. The topological polar surface area (TPSA) is 91.2 Å². The van der Waals surface area contributed by atoms with Gasteiger partial charge in [0.2, 0.25) is 0 Å². The van der Waals surface area contributed by atoms with Crippen LogP contribution in [0.1, 0.15) is 42.6 Å². The van der Waals surface area contributed by atoms with E-state index in [2.05, 4.69) is 10.6 Å². The monoisotopic (exact) mass is 377 g/mol. The van der Waals surface area contributed by atoms with Crippen molar-refractivity contribution in [1.29, 1.82) is 5.26 Å². The number of amides is 1. The number of nitrogens with one attached hydrogen (secondary N) is 2. The highest BCUT2D eigenvalue weighted by atomic mass is 16.5. The van der Waals surface area contributed by atoms with Gasteiger partial charge in [0.05, 0.1) is 12.2 Å². The molecule has 0 saturated heterocycles. The van der Waals surface area contributed by atoms with Crippen molar-refractivity contribution in [3.8, 4) is 6.07 Å². The molecule has 0 spiro atoms. The van der Waals surface area contributed by atoms with Crippen LogP contribution in [-0.4, -0.2) is 18.5 Å². The second-order valence-corrected chi connectivity index (χ2v) is 6.31. The van der Waals surface area contributed by atoms with E-state index in [1.165, 1.54) is 6.20 Å². The molecule has 2 aromatic rings. The van der Waals surface area contributed by atoms with Crippen LogP contribution >= 0.6 is 0 Å². The molecule has 6 heteroatoms. The number of carbonyl (C=O) groups excluding carboxylic acids is 2. The number of carbonyl (C=O) groups is 2. The molecule has 28 heavy (non-hydrogen) atoms. The highest BCUT2D eigenvalue weighted by Crippen LogP contribution is 2.24. The normalized spacial score (nSPS) is 10.9. The first-order valence-electron chi connectivity index (χ1n) is 9.00. The van der Waals surface area contributed by atoms with E-state index < -0.39 is 11.9 Å². The first-order chi connectivity index (χ1) is 13.5. The number of ether oxygens (including phenoxy) is 1. The van der Waals surface area contributed by atoms with Gasteiger partial charge in [0, 0.05) is 17.6 Å². The third kappa shape index (κ3) is 5.45. The molecule has 0 aliphatic heterocycles. The summed E-state index contributed by atoms with van der Waals surface area (Å²) in [5.74, 6) is -0.654. The zero-order valence-corrected chi connectivity index (χ0v) is 16.2. The van der Waals surface area contributed by atoms with Gasteiger partial charge in [-0.2, -0.15) is 5.26 Å². The smallest absolute Gasteiger partial charge is 0.338 e. The van der Waals surface area contributed by atoms with E-state index in [-0.39, 0.29) is 11.5 Å². The van der Waals surface area contributed by atoms with Crippen LogP contribution < -0.4 is 10.6 Å². The Bertz CT molecular complexity index is 909. The predicted octanol–water partition coefficient (Wildman–Crippen LogP) is 4.44. The molecule has 2 N–H and O–H groups in total. The number of para-hydroxylation sites is 1. The maximum Gasteiger partial charge on any atom is 0.338 e. The lowest BCUT2D eigenvalue weighted by atomic mass is 10.0. The number of rotatable bonds is 7. The molecule has 2 aromatic carbocycles. The summed E-state index contributed by atoms with van der Waals surface area (Å²) >= 11 is 0. The molecule has 1 amide bonds. The minimum atomic E-state index is -0.494. The molecule has 0 bridgehead atoms. The van der Waals surface area contributed by atoms with Gasteiger partial charge in [-0.1, -0.05) is 32.0 Å². The summed E-state index contributed by atoms with van der Waals surface area (Å²) in [5, 5.41) is 15.0. The lowest BCUT2D eigenvalue weighted by Crippen LogP contribution is -2.16. The zero-order valence-electron chi connectivity index (χ0n) is 16.2. The SMILES string of the molecule is CCOC(=O)c1ccc(N/C=C(/C#N)C(=O)Nc2ccccc2C(C)C)cc1. The summed E-state index contributed by atoms with van der Waals surface area (Å²) in [4.78, 5) is 24.1. The molecule has 144 valence electrons. The molecular weight excluding hydrogens is 354 g/mol. The first kappa shape index (κ1) is 20.7. The highest BCUT2D eigenvalue weighted by molar-refractivity contribution is 6.07. The predicted molar refractivity (Wildman–Crippen MR) is 109 cm³/mol. The quantitative estimate of drug-likeness (QED) is 0.423. The summed E-state index contributed by atoms with van der Waals surface area (Å²) in [6, 6.07) is 16.0. The molecular formula is C22H23N3O3. The lowest BCUT2D eigenvalue weighted by molar-refractivity contribution is -0.112. The zero-order chi connectivity index (χ0) is 20.5. The van der Waals surface area contributed by atoms with Crippen LogP contribution in [0, 0.1) is 11.3 Å². The Morgan fingerprint density at radius 2 is 1.82 bits per heavy atom. The number of nitrogens with zero attached hydrogens (tertiary/aromatic N) is 1. The van der Waals surface area contributed by atoms with Crippen LogP contribution in [0.3, 0.4) is 0 Å². The average Bonchev–Trinajstić information content (AvgIpc) is 2.69. The van der Waals surface area contributed by atoms with Crippen LogP contribution in [0.2, 0.25) is 0 Å². The Morgan fingerprint density at radius 3 is 2.43 bits per heavy atom. The van der Waals surface area contributed by atoms with Crippen LogP contribution in [0.25, 0.3) is 0 Å². The minimum Gasteiger partial charge on any atom is -0.462 e. The summed E-state index contributed by atoms with van der Waals surface area (Å²) in [7, 11) is 0. The van der Waals surface area contributed by atoms with Crippen molar-refractivity contribution in [2.75, 3.05) is 17.2 Å². The van der Waals surface area contributed by atoms with Gasteiger partial charge in [0.1, 0.15) is 11.6 Å². The van der Waals surface area contributed by atoms with E-state index in [9.17, 15) is 14.9 Å². The van der Waals surface area contributed by atoms with Crippen molar-refractivity contribution in [3.63, 3.8) is 0 Å². The Hall–Kier alpha value is -3.59. The standard InChI is InChI=1S/C22H23N3O3/c1-4-28-22(27)16-9-11-18(12-10-16)24-14-17(13-23)21(26)25-20-8-6-5-7-19(20)15(2)3/h5-12,14-15,24H,4H2,1-3H3,(H,25,26)/b17-14-. The van der Waals surface area contributed by atoms with Gasteiger partial charge in [-0.05, 0) is 48.7 Å². The fraction of sp³-hybridized carbons (Fsp3) is 0.227. The molecule has 0 radical (unpaired) electrons. The number of benzene rings is 2. The number of hydrogen-bond donors (Lipinski definition) is 2. The molecule has 0 aromatic heterocycles. The van der Waals surface area contributed by atoms with Crippen LogP contribution in [-0.2, 0) is 9.53 Å². The molecule has 0 unspecified atom stereocenters. The maximum absolute atomic E-state index is 12.5. The molecule has 0 aliphatic carbocycles. The minimum absolute atomic E-state index is 0.0620. The van der Waals surface area contributed by atoms with E-state index in [0.29, 0.717) is 23.5 Å². The second-order valence-electron chi connectivity index (χ2n) is 6.31. The third-order valence-corrected chi connectivity index (χ3v) is 3.98. The van der Waals surface area contributed by atoms with Crippen LogP contribution in [0.15, 0.2) is 60.3 Å². The van der Waals surface area contributed by atoms with E-state index in [1.807, 2.05) is 44.2 Å². The average molecular weight is 377 g/mol. The summed E-state index contributed by atoms with van der Waals surface area (Å²) in [6.45, 7) is 6.12. The lowest BCUT2D eigenvalue weighted by Gasteiger charge is -2.13. The molecule has 0 aliphatic rings. The summed E-state index contributed by atoms with van der Waals surface area (Å²) < 4.78 is 4.93. The van der Waals surface area contributed by atoms with Crippen LogP contribution in [0.4, 0.5) is 11.4 Å². The molecule has 0 saturated carbocycles. The van der Waals surface area contributed by atoms with Crippen LogP contribution in [0.5, 0.6) is 0 Å². The number of esters is 1. The van der Waals surface area contributed by atoms with Gasteiger partial charge in [-0.15, -0.1) is 0 Å². The number of anilines is 2. The molecule has 2 rings (SSSR count). The Morgan fingerprint density at radius 1 is 1.14 bits per heavy atom. The third-order valence-electron chi connectivity index (χ3n) is 3.98. The van der Waals surface area contributed by atoms with Crippen molar-refractivity contribution in [2.24, 2.45) is 0 Å². The van der Waals surface area contributed by atoms with Gasteiger partial charge in [0.15, 0.2) is 0 Å². The molecule has 0 heterocycles. The molecule has 6 nitrogen and oxygen atoms in total. The van der Waals surface area contributed by atoms with Gasteiger partial charge in [-0.3, -0.25) is 4.79 Å². The van der Waals surface area contributed by atoms with Crippen molar-refractivity contribution in [1.82, 2.24) is 0 Å². The van der Waals surface area contributed by atoms with Gasteiger partial charge in [-0.25, -0.2) is 4.79 Å². The fourth-order valence-corrected chi connectivity index (χ4v) is 2.53. The van der Waals surface area contributed by atoms with Gasteiger partial charge in [0.25, 0.3) is 5.91 Å². The Balaban J connectivity index is 2.09. The molecule has 0 fully saturated rings. The summed E-state index contributed by atoms with van der Waals surface area (Å²) in [5.41, 5.74) is 2.68. The van der Waals surface area contributed by atoms with Crippen molar-refractivity contribution < 1.29 is 14.3 Å². The Kier molecular flexibility index (Phi) is 7.35. The van der Waals surface area contributed by atoms with Crippen molar-refractivity contribution >= 4 is 23.3 Å². The first-order valence-corrected chi connectivity index (χ1v) is 9.00. The van der Waals surface area contributed by atoms with Crippen molar-refractivity contribution in [2.45, 2.75) is 26.7 Å². The highest BCUT2D eigenvalue weighted by Gasteiger charge is 2.13. The second kappa shape index (κ2) is 9.93. The fourth-order valence-electron chi connectivity index (χ4n) is 2.53. The number of hydrogen-bond acceptors (Lipinski definition) is 5. The largest absolute Gasteiger partial charge is 0.462 e.